The highest BCUT2D eigenvalue weighted by Crippen LogP contribution is 2.17. The molecule has 0 aromatic heterocycles. The third-order valence-corrected chi connectivity index (χ3v) is 1.97. The molecular formula is C8H10O5S. The monoisotopic (exact) mass is 218 g/mol. The molecule has 2 N–H and O–H groups in total. The SMILES string of the molecule is CC(O)c1ccc(OS(=O)(=O)O)cc1. The smallest absolute Gasteiger partial charge is 0.389 e. The standard InChI is InChI=1S/C8H10O5S/c1-6(9)7-2-4-8(5-3-7)13-14(10,11)12/h2-6,9H,1H3,(H,10,11,12). The quantitative estimate of drug-likeness (QED) is 0.737. The maximum absolute atomic E-state index is 10.3. The van der Waals surface area contributed by atoms with Crippen LogP contribution in [-0.2, 0) is 10.4 Å². The van der Waals surface area contributed by atoms with E-state index >= 15 is 0 Å². The van der Waals surface area contributed by atoms with E-state index in [1.807, 2.05) is 0 Å². The summed E-state index contributed by atoms with van der Waals surface area (Å²) >= 11 is 0. The largest absolute Gasteiger partial charge is 0.446 e. The Kier molecular flexibility index (Phi) is 3.10. The van der Waals surface area contributed by atoms with E-state index in [1.165, 1.54) is 24.3 Å². The zero-order valence-electron chi connectivity index (χ0n) is 7.41. The lowest BCUT2D eigenvalue weighted by Gasteiger charge is -2.05. The van der Waals surface area contributed by atoms with Crippen LogP contribution in [0.1, 0.15) is 18.6 Å². The number of benzene rings is 1. The van der Waals surface area contributed by atoms with E-state index in [1.54, 1.807) is 6.92 Å². The first-order chi connectivity index (χ1) is 6.38. The van der Waals surface area contributed by atoms with Gasteiger partial charge in [0.15, 0.2) is 0 Å². The third-order valence-electron chi connectivity index (χ3n) is 1.56. The van der Waals surface area contributed by atoms with Gasteiger partial charge in [0.25, 0.3) is 0 Å². The summed E-state index contributed by atoms with van der Waals surface area (Å²) in [5.74, 6) is -0.00287. The molecule has 5 nitrogen and oxygen atoms in total. The van der Waals surface area contributed by atoms with Gasteiger partial charge >= 0.3 is 10.4 Å². The van der Waals surface area contributed by atoms with Gasteiger partial charge in [-0.2, -0.15) is 8.42 Å². The van der Waals surface area contributed by atoms with Crippen LogP contribution in [0, 0.1) is 0 Å². The minimum Gasteiger partial charge on any atom is -0.389 e. The summed E-state index contributed by atoms with van der Waals surface area (Å²) in [6, 6.07) is 5.70. The van der Waals surface area contributed by atoms with Crippen LogP contribution in [0.2, 0.25) is 0 Å². The lowest BCUT2D eigenvalue weighted by molar-refractivity contribution is 0.199. The molecule has 0 radical (unpaired) electrons. The average Bonchev–Trinajstić information content (AvgIpc) is 2.02. The Labute approximate surface area is 81.9 Å². The van der Waals surface area contributed by atoms with Gasteiger partial charge in [0.2, 0.25) is 0 Å². The zero-order chi connectivity index (χ0) is 10.8. The van der Waals surface area contributed by atoms with Gasteiger partial charge in [-0.1, -0.05) is 12.1 Å². The Balaban J connectivity index is 2.84. The van der Waals surface area contributed by atoms with Crippen molar-refractivity contribution in [3.8, 4) is 5.75 Å². The fraction of sp³-hybridized carbons (Fsp3) is 0.250. The van der Waals surface area contributed by atoms with Gasteiger partial charge in [0.05, 0.1) is 6.10 Å². The second-order valence-electron chi connectivity index (χ2n) is 2.76. The van der Waals surface area contributed by atoms with Crippen molar-refractivity contribution in [3.63, 3.8) is 0 Å². The fourth-order valence-electron chi connectivity index (χ4n) is 0.924. The van der Waals surface area contributed by atoms with E-state index in [2.05, 4.69) is 4.18 Å². The van der Waals surface area contributed by atoms with Gasteiger partial charge in [-0.05, 0) is 24.6 Å². The van der Waals surface area contributed by atoms with Crippen LogP contribution < -0.4 is 4.18 Å². The lowest BCUT2D eigenvalue weighted by Crippen LogP contribution is -2.06. The summed E-state index contributed by atoms with van der Waals surface area (Å²) in [5, 5.41) is 9.14. The Morgan fingerprint density at radius 1 is 1.29 bits per heavy atom. The van der Waals surface area contributed by atoms with Crippen molar-refractivity contribution < 1.29 is 22.3 Å². The molecule has 0 bridgehead atoms. The van der Waals surface area contributed by atoms with E-state index < -0.39 is 16.5 Å². The molecule has 0 saturated heterocycles. The van der Waals surface area contributed by atoms with Crippen LogP contribution in [0.5, 0.6) is 5.75 Å². The van der Waals surface area contributed by atoms with Crippen LogP contribution in [0.15, 0.2) is 24.3 Å². The van der Waals surface area contributed by atoms with Crippen LogP contribution in [0.3, 0.4) is 0 Å². The van der Waals surface area contributed by atoms with Crippen LogP contribution in [-0.4, -0.2) is 18.1 Å². The molecule has 1 aromatic rings. The second kappa shape index (κ2) is 3.95. The first-order valence-electron chi connectivity index (χ1n) is 3.83. The minimum atomic E-state index is -4.47. The van der Waals surface area contributed by atoms with Crippen molar-refractivity contribution in [2.24, 2.45) is 0 Å². The number of hydrogen-bond acceptors (Lipinski definition) is 4. The molecule has 78 valence electrons. The van der Waals surface area contributed by atoms with Gasteiger partial charge in [-0.3, -0.25) is 4.55 Å². The molecule has 0 fully saturated rings. The van der Waals surface area contributed by atoms with Crippen molar-refractivity contribution in [2.75, 3.05) is 0 Å². The van der Waals surface area contributed by atoms with Crippen LogP contribution in [0.4, 0.5) is 0 Å². The van der Waals surface area contributed by atoms with Crippen molar-refractivity contribution in [1.82, 2.24) is 0 Å². The number of hydrogen-bond donors (Lipinski definition) is 2. The predicted octanol–water partition coefficient (Wildman–Crippen LogP) is 0.922. The van der Waals surface area contributed by atoms with Crippen molar-refractivity contribution in [2.45, 2.75) is 13.0 Å². The number of aliphatic hydroxyl groups excluding tert-OH is 1. The van der Waals surface area contributed by atoms with Gasteiger partial charge in [0.1, 0.15) is 5.75 Å². The van der Waals surface area contributed by atoms with E-state index in [-0.39, 0.29) is 5.75 Å². The maximum Gasteiger partial charge on any atom is 0.446 e. The summed E-state index contributed by atoms with van der Waals surface area (Å²) in [4.78, 5) is 0. The Morgan fingerprint density at radius 3 is 2.14 bits per heavy atom. The molecular weight excluding hydrogens is 208 g/mol. The fourth-order valence-corrected chi connectivity index (χ4v) is 1.28. The topological polar surface area (TPSA) is 83.8 Å². The van der Waals surface area contributed by atoms with Gasteiger partial charge in [-0.25, -0.2) is 0 Å². The van der Waals surface area contributed by atoms with E-state index in [4.69, 9.17) is 9.66 Å². The van der Waals surface area contributed by atoms with Crippen molar-refractivity contribution in [3.05, 3.63) is 29.8 Å². The minimum absolute atomic E-state index is 0.00287. The molecule has 1 rings (SSSR count). The average molecular weight is 218 g/mol. The molecule has 0 amide bonds. The molecule has 0 saturated carbocycles. The molecule has 0 aliphatic rings. The van der Waals surface area contributed by atoms with E-state index in [9.17, 15) is 8.42 Å². The second-order valence-corrected chi connectivity index (χ2v) is 3.78. The first-order valence-corrected chi connectivity index (χ1v) is 5.20. The summed E-state index contributed by atoms with van der Waals surface area (Å²) in [6.45, 7) is 1.58. The molecule has 0 aliphatic heterocycles. The molecule has 1 aromatic carbocycles. The highest BCUT2D eigenvalue weighted by atomic mass is 32.3. The maximum atomic E-state index is 10.3. The molecule has 1 unspecified atom stereocenters. The van der Waals surface area contributed by atoms with Crippen LogP contribution in [0.25, 0.3) is 0 Å². The summed E-state index contributed by atoms with van der Waals surface area (Å²) in [6.07, 6.45) is -0.630. The molecule has 0 heterocycles. The number of rotatable bonds is 3. The number of aliphatic hydroxyl groups is 1. The highest BCUT2D eigenvalue weighted by molar-refractivity contribution is 7.81. The molecule has 1 atom stereocenters. The Hall–Kier alpha value is -1.11. The van der Waals surface area contributed by atoms with Gasteiger partial charge in [-0.15, -0.1) is 0 Å². The Morgan fingerprint density at radius 2 is 1.79 bits per heavy atom. The van der Waals surface area contributed by atoms with Gasteiger partial charge in [0, 0.05) is 0 Å². The zero-order valence-corrected chi connectivity index (χ0v) is 8.23. The molecule has 0 spiro atoms. The molecule has 0 aliphatic carbocycles. The van der Waals surface area contributed by atoms with Crippen molar-refractivity contribution in [1.29, 1.82) is 0 Å². The van der Waals surface area contributed by atoms with E-state index in [0.717, 1.165) is 0 Å². The lowest BCUT2D eigenvalue weighted by atomic mass is 10.1. The van der Waals surface area contributed by atoms with Gasteiger partial charge < -0.3 is 9.29 Å². The Bertz CT molecular complexity index is 392. The highest BCUT2D eigenvalue weighted by Gasteiger charge is 2.07. The predicted molar refractivity (Wildman–Crippen MR) is 49.3 cm³/mol. The van der Waals surface area contributed by atoms with Crippen LogP contribution >= 0.6 is 0 Å². The van der Waals surface area contributed by atoms with E-state index in [0.29, 0.717) is 5.56 Å². The van der Waals surface area contributed by atoms with Crippen molar-refractivity contribution >= 4 is 10.4 Å². The molecule has 6 heteroatoms. The summed E-state index contributed by atoms with van der Waals surface area (Å²) < 4.78 is 33.1. The molecule has 14 heavy (non-hydrogen) atoms. The summed E-state index contributed by atoms with van der Waals surface area (Å²) in [5.41, 5.74) is 0.632. The first kappa shape index (κ1) is 11.0. The normalized spacial score (nSPS) is 13.6. The summed E-state index contributed by atoms with van der Waals surface area (Å²) in [7, 11) is -4.47. The third kappa shape index (κ3) is 3.33.